The molecule has 0 amide bonds. The number of carbonyl (C=O) groups excluding carboxylic acids is 1. The molecule has 1 aliphatic rings. The van der Waals surface area contributed by atoms with E-state index in [1.807, 2.05) is 46.8 Å². The van der Waals surface area contributed by atoms with Crippen LogP contribution in [0.5, 0.6) is 0 Å². The van der Waals surface area contributed by atoms with Crippen LogP contribution in [0.2, 0.25) is 0 Å². The molecular weight excluding hydrogens is 382 g/mol. The number of pyridine rings is 1. The third-order valence-electron chi connectivity index (χ3n) is 5.71. The molecule has 0 aromatic carbocycles. The molecule has 30 heavy (non-hydrogen) atoms. The summed E-state index contributed by atoms with van der Waals surface area (Å²) in [6.45, 7) is 11.3. The topological polar surface area (TPSA) is 118 Å². The van der Waals surface area contributed by atoms with Gasteiger partial charge in [-0.1, -0.05) is 20.8 Å². The number of rotatable bonds is 7. The number of aryl methyl sites for hydroxylation is 1. The highest BCUT2D eigenvalue weighted by Gasteiger charge is 2.41. The first-order chi connectivity index (χ1) is 14.2. The Morgan fingerprint density at radius 3 is 2.53 bits per heavy atom. The molecular formula is C22H39N5O3. The van der Waals surface area contributed by atoms with Gasteiger partial charge in [0, 0.05) is 20.1 Å². The van der Waals surface area contributed by atoms with Gasteiger partial charge in [-0.2, -0.15) is 0 Å². The highest BCUT2D eigenvalue weighted by molar-refractivity contribution is 5.76. The van der Waals surface area contributed by atoms with Gasteiger partial charge in [-0.25, -0.2) is 10.8 Å². The Morgan fingerprint density at radius 2 is 2.03 bits per heavy atom. The number of nitrogens with zero attached hydrogens (tertiary/aromatic N) is 3. The van der Waals surface area contributed by atoms with Crippen LogP contribution in [0.4, 0.5) is 5.69 Å². The number of hydrogen-bond acceptors (Lipinski definition) is 8. The van der Waals surface area contributed by atoms with Crippen LogP contribution in [-0.4, -0.2) is 54.9 Å². The molecule has 1 unspecified atom stereocenters. The van der Waals surface area contributed by atoms with Crippen molar-refractivity contribution in [3.8, 4) is 0 Å². The Morgan fingerprint density at radius 1 is 1.40 bits per heavy atom. The number of nitrogens with two attached hydrogens (primary N) is 2. The fourth-order valence-corrected chi connectivity index (χ4v) is 3.72. The van der Waals surface area contributed by atoms with E-state index in [0.717, 1.165) is 37.3 Å². The Hall–Kier alpha value is -2.32. The van der Waals surface area contributed by atoms with E-state index in [1.54, 1.807) is 7.05 Å². The van der Waals surface area contributed by atoms with Crippen LogP contribution in [0, 0.1) is 11.3 Å². The normalized spacial score (nSPS) is 17.1. The lowest BCUT2D eigenvalue weighted by atomic mass is 9.78. The van der Waals surface area contributed by atoms with Gasteiger partial charge in [0.15, 0.2) is 0 Å². The lowest BCUT2D eigenvalue weighted by Gasteiger charge is -2.29. The molecule has 1 fully saturated rings. The number of carbonyl (C=O) groups is 1. The van der Waals surface area contributed by atoms with Gasteiger partial charge < -0.3 is 25.5 Å². The fraction of sp³-hybridized carbons (Fsp3) is 0.636. The molecule has 170 valence electrons. The first-order valence-electron chi connectivity index (χ1n) is 10.6. The highest BCUT2D eigenvalue weighted by Crippen LogP contribution is 2.38. The maximum Gasteiger partial charge on any atom is 0.311 e. The predicted molar refractivity (Wildman–Crippen MR) is 121 cm³/mol. The fourth-order valence-electron chi connectivity index (χ4n) is 3.72. The first kappa shape index (κ1) is 25.7. The molecule has 0 saturated carbocycles. The zero-order chi connectivity index (χ0) is 23.1. The van der Waals surface area contributed by atoms with Crippen LogP contribution in [0.3, 0.4) is 0 Å². The van der Waals surface area contributed by atoms with E-state index in [0.29, 0.717) is 17.1 Å². The molecule has 1 aromatic rings. The molecule has 0 spiro atoms. The smallest absolute Gasteiger partial charge is 0.311 e. The molecule has 8 heteroatoms. The molecule has 0 radical (unpaired) electrons. The zero-order valence-corrected chi connectivity index (χ0v) is 19.5. The number of aliphatic hydroxyl groups excluding tert-OH is 1. The summed E-state index contributed by atoms with van der Waals surface area (Å²) in [7, 11) is 3.06. The number of hydrazine groups is 1. The summed E-state index contributed by atoms with van der Waals surface area (Å²) < 4.78 is 4.98. The van der Waals surface area contributed by atoms with Gasteiger partial charge in [0.2, 0.25) is 0 Å². The van der Waals surface area contributed by atoms with E-state index in [2.05, 4.69) is 4.90 Å². The van der Waals surface area contributed by atoms with Gasteiger partial charge in [0.25, 0.3) is 0 Å². The lowest BCUT2D eigenvalue weighted by molar-refractivity contribution is -0.153. The van der Waals surface area contributed by atoms with Crippen molar-refractivity contribution in [1.82, 2.24) is 9.99 Å². The summed E-state index contributed by atoms with van der Waals surface area (Å²) in [4.78, 5) is 19.1. The second kappa shape index (κ2) is 11.2. The predicted octanol–water partition coefficient (Wildman–Crippen LogP) is 2.12. The quantitative estimate of drug-likeness (QED) is 0.348. The molecule has 1 aromatic heterocycles. The van der Waals surface area contributed by atoms with Crippen LogP contribution < -0.4 is 16.5 Å². The summed E-state index contributed by atoms with van der Waals surface area (Å²) in [5, 5.41) is 10.8. The Labute approximate surface area is 180 Å². The summed E-state index contributed by atoms with van der Waals surface area (Å²) in [5.41, 5.74) is 8.99. The number of ether oxygens (including phenoxy) is 1. The molecule has 1 aliphatic heterocycles. The summed E-state index contributed by atoms with van der Waals surface area (Å²) in [5.74, 6) is 5.77. The van der Waals surface area contributed by atoms with Crippen molar-refractivity contribution in [2.24, 2.45) is 22.9 Å². The third-order valence-corrected chi connectivity index (χ3v) is 5.71. The molecule has 8 nitrogen and oxygen atoms in total. The van der Waals surface area contributed by atoms with Gasteiger partial charge in [-0.05, 0) is 44.7 Å². The van der Waals surface area contributed by atoms with Gasteiger partial charge >= 0.3 is 5.97 Å². The number of aliphatic hydroxyl groups is 1. The van der Waals surface area contributed by atoms with E-state index < -0.39 is 5.41 Å². The van der Waals surface area contributed by atoms with Crippen LogP contribution in [-0.2, 0) is 16.0 Å². The van der Waals surface area contributed by atoms with Gasteiger partial charge in [0.05, 0.1) is 47.6 Å². The van der Waals surface area contributed by atoms with Gasteiger partial charge in [-0.3, -0.25) is 4.79 Å². The number of esters is 1. The third kappa shape index (κ3) is 5.43. The number of likely N-dealkylation sites (N-methyl/N-ethyl adjacent to an activating group) is 1. The van der Waals surface area contributed by atoms with Crippen molar-refractivity contribution in [3.63, 3.8) is 0 Å². The van der Waals surface area contributed by atoms with E-state index in [-0.39, 0.29) is 18.5 Å². The Balaban J connectivity index is 0.00000218. The van der Waals surface area contributed by atoms with Crippen LogP contribution in [0.25, 0.3) is 5.70 Å². The van der Waals surface area contributed by atoms with Crippen LogP contribution >= 0.6 is 0 Å². The van der Waals surface area contributed by atoms with E-state index in [9.17, 15) is 9.90 Å². The maximum absolute atomic E-state index is 12.1. The van der Waals surface area contributed by atoms with Crippen molar-refractivity contribution in [1.29, 1.82) is 0 Å². The minimum atomic E-state index is -0.530. The Kier molecular flexibility index (Phi) is 9.58. The van der Waals surface area contributed by atoms with Crippen molar-refractivity contribution in [2.75, 3.05) is 38.8 Å². The molecule has 0 aliphatic carbocycles. The number of hydrogen-bond donors (Lipinski definition) is 3. The molecule has 1 saturated heterocycles. The second-order valence-corrected chi connectivity index (χ2v) is 7.79. The van der Waals surface area contributed by atoms with Crippen molar-refractivity contribution in [3.05, 3.63) is 29.2 Å². The highest BCUT2D eigenvalue weighted by atomic mass is 16.5. The SMILES string of the molecule is CC.CCc1nc(/C(N)=C(\CO)N(C)N)ccc1N1CCC(C(C)(C)C(=O)OC)C1. The average Bonchev–Trinajstić information content (AvgIpc) is 3.25. The summed E-state index contributed by atoms with van der Waals surface area (Å²) in [6.07, 6.45) is 1.66. The summed E-state index contributed by atoms with van der Waals surface area (Å²) in [6, 6.07) is 3.86. The minimum absolute atomic E-state index is 0.177. The summed E-state index contributed by atoms with van der Waals surface area (Å²) >= 11 is 0. The van der Waals surface area contributed by atoms with Crippen LogP contribution in [0.1, 0.15) is 52.4 Å². The van der Waals surface area contributed by atoms with Crippen molar-refractivity contribution in [2.45, 2.75) is 47.5 Å². The second-order valence-electron chi connectivity index (χ2n) is 7.79. The van der Waals surface area contributed by atoms with Gasteiger partial charge in [0.1, 0.15) is 0 Å². The monoisotopic (exact) mass is 421 g/mol. The standard InChI is InChI=1S/C20H33N5O3.C2H6/c1-6-14-16(8-7-15(23-14)18(21)17(12-26)24(4)22)25-10-9-13(11-25)20(2,3)19(27)28-5;1-2/h7-8,13,26H,6,9-12,21-22H2,1-5H3;1-2H3/b18-17-;. The van der Waals surface area contributed by atoms with Gasteiger partial charge in [-0.15, -0.1) is 0 Å². The molecule has 5 N–H and O–H groups in total. The van der Waals surface area contributed by atoms with Crippen molar-refractivity contribution < 1.29 is 14.6 Å². The molecule has 2 heterocycles. The van der Waals surface area contributed by atoms with E-state index >= 15 is 0 Å². The van der Waals surface area contributed by atoms with E-state index in [1.165, 1.54) is 12.1 Å². The lowest BCUT2D eigenvalue weighted by Crippen LogP contribution is -2.36. The largest absolute Gasteiger partial charge is 0.469 e. The molecule has 0 bridgehead atoms. The Bertz CT molecular complexity index is 746. The van der Waals surface area contributed by atoms with Crippen LogP contribution in [0.15, 0.2) is 17.8 Å². The van der Waals surface area contributed by atoms with Crippen molar-refractivity contribution >= 4 is 17.4 Å². The maximum atomic E-state index is 12.1. The average molecular weight is 422 g/mol. The first-order valence-corrected chi connectivity index (χ1v) is 10.6. The number of anilines is 1. The van der Waals surface area contributed by atoms with E-state index in [4.69, 9.17) is 21.3 Å². The zero-order valence-electron chi connectivity index (χ0n) is 19.5. The number of methoxy groups -OCH3 is 1. The molecule has 2 rings (SSSR count). The minimum Gasteiger partial charge on any atom is -0.469 e. The number of aromatic nitrogens is 1. The molecule has 1 atom stereocenters.